The predicted octanol–water partition coefficient (Wildman–Crippen LogP) is 3.97. The van der Waals surface area contributed by atoms with E-state index in [0.717, 1.165) is 5.69 Å². The molecule has 1 aliphatic rings. The van der Waals surface area contributed by atoms with Gasteiger partial charge in [0.05, 0.1) is 24.5 Å². The summed E-state index contributed by atoms with van der Waals surface area (Å²) in [6.45, 7) is 1.72. The molecule has 0 saturated carbocycles. The SMILES string of the molecule is COc1cccc(N2CC(C(=O)Nc3nc(CSCC(=O)Nc4ccc(NC(C)=O)cc4)cs3)CC2=O)c1. The maximum atomic E-state index is 12.8. The molecule has 38 heavy (non-hydrogen) atoms. The van der Waals surface area contributed by atoms with Gasteiger partial charge in [0, 0.05) is 54.2 Å². The quantitative estimate of drug-likeness (QED) is 0.346. The second-order valence-electron chi connectivity index (χ2n) is 8.54. The van der Waals surface area contributed by atoms with Gasteiger partial charge in [-0.25, -0.2) is 4.98 Å². The maximum absolute atomic E-state index is 12.8. The first-order valence-electron chi connectivity index (χ1n) is 11.8. The van der Waals surface area contributed by atoms with E-state index in [4.69, 9.17) is 4.74 Å². The van der Waals surface area contributed by atoms with Crippen LogP contribution in [-0.2, 0) is 24.9 Å². The number of ether oxygens (including phenoxy) is 1. The van der Waals surface area contributed by atoms with Gasteiger partial charge in [-0.15, -0.1) is 23.1 Å². The number of hydrogen-bond donors (Lipinski definition) is 3. The Morgan fingerprint density at radius 1 is 1.11 bits per heavy atom. The van der Waals surface area contributed by atoms with E-state index in [9.17, 15) is 19.2 Å². The number of hydrogen-bond acceptors (Lipinski definition) is 8. The van der Waals surface area contributed by atoms with Crippen molar-refractivity contribution in [2.45, 2.75) is 19.1 Å². The Balaban J connectivity index is 1.21. The molecule has 1 unspecified atom stereocenters. The van der Waals surface area contributed by atoms with E-state index >= 15 is 0 Å². The molecule has 198 valence electrons. The lowest BCUT2D eigenvalue weighted by molar-refractivity contribution is -0.122. The molecule has 4 rings (SSSR count). The van der Waals surface area contributed by atoms with Crippen molar-refractivity contribution in [3.63, 3.8) is 0 Å². The number of nitrogens with zero attached hydrogens (tertiary/aromatic N) is 2. The molecule has 1 saturated heterocycles. The first-order chi connectivity index (χ1) is 18.3. The van der Waals surface area contributed by atoms with Crippen LogP contribution in [0.4, 0.5) is 22.2 Å². The van der Waals surface area contributed by atoms with Crippen LogP contribution >= 0.6 is 23.1 Å². The summed E-state index contributed by atoms with van der Waals surface area (Å²) in [7, 11) is 1.56. The second-order valence-corrected chi connectivity index (χ2v) is 10.4. The van der Waals surface area contributed by atoms with Gasteiger partial charge in [0.2, 0.25) is 23.6 Å². The summed E-state index contributed by atoms with van der Waals surface area (Å²) >= 11 is 2.71. The third-order valence-corrected chi connectivity index (χ3v) is 7.39. The van der Waals surface area contributed by atoms with Crippen molar-refractivity contribution in [3.8, 4) is 5.75 Å². The topological polar surface area (TPSA) is 130 Å². The fourth-order valence-corrected chi connectivity index (χ4v) is 5.37. The van der Waals surface area contributed by atoms with Crippen LogP contribution < -0.4 is 25.6 Å². The van der Waals surface area contributed by atoms with Crippen LogP contribution in [0.5, 0.6) is 5.75 Å². The Bertz CT molecular complexity index is 1330. The van der Waals surface area contributed by atoms with Crippen LogP contribution in [0.25, 0.3) is 0 Å². The van der Waals surface area contributed by atoms with Crippen molar-refractivity contribution in [1.82, 2.24) is 4.98 Å². The molecule has 1 aliphatic heterocycles. The molecule has 12 heteroatoms. The fourth-order valence-electron chi connectivity index (χ4n) is 3.83. The van der Waals surface area contributed by atoms with E-state index in [1.54, 1.807) is 54.5 Å². The first kappa shape index (κ1) is 27.1. The molecular formula is C26H27N5O5S2. The smallest absolute Gasteiger partial charge is 0.234 e. The predicted molar refractivity (Wildman–Crippen MR) is 150 cm³/mol. The van der Waals surface area contributed by atoms with Crippen molar-refractivity contribution in [2.75, 3.05) is 40.3 Å². The summed E-state index contributed by atoms with van der Waals surface area (Å²) in [5.74, 6) is 0.227. The largest absolute Gasteiger partial charge is 0.497 e. The highest BCUT2D eigenvalue weighted by Crippen LogP contribution is 2.29. The number of carbonyl (C=O) groups excluding carboxylic acids is 4. The number of anilines is 4. The van der Waals surface area contributed by atoms with Gasteiger partial charge in [-0.05, 0) is 36.4 Å². The molecular weight excluding hydrogens is 526 g/mol. The van der Waals surface area contributed by atoms with E-state index in [1.807, 2.05) is 11.4 Å². The lowest BCUT2D eigenvalue weighted by Gasteiger charge is -2.17. The van der Waals surface area contributed by atoms with Crippen LogP contribution in [0.3, 0.4) is 0 Å². The van der Waals surface area contributed by atoms with Gasteiger partial charge in [-0.3, -0.25) is 19.2 Å². The monoisotopic (exact) mass is 553 g/mol. The van der Waals surface area contributed by atoms with Gasteiger partial charge in [-0.2, -0.15) is 0 Å². The highest BCUT2D eigenvalue weighted by molar-refractivity contribution is 7.99. The molecule has 1 atom stereocenters. The summed E-state index contributed by atoms with van der Waals surface area (Å²) in [5.41, 5.74) is 2.75. The average molecular weight is 554 g/mol. The van der Waals surface area contributed by atoms with Gasteiger partial charge < -0.3 is 25.6 Å². The average Bonchev–Trinajstić information content (AvgIpc) is 3.51. The van der Waals surface area contributed by atoms with E-state index in [2.05, 4.69) is 20.9 Å². The van der Waals surface area contributed by atoms with Gasteiger partial charge >= 0.3 is 0 Å². The number of thiazole rings is 1. The highest BCUT2D eigenvalue weighted by atomic mass is 32.2. The second kappa shape index (κ2) is 12.6. The van der Waals surface area contributed by atoms with Crippen molar-refractivity contribution in [1.29, 1.82) is 0 Å². The molecule has 3 N–H and O–H groups in total. The first-order valence-corrected chi connectivity index (χ1v) is 13.8. The zero-order chi connectivity index (χ0) is 27.1. The van der Waals surface area contributed by atoms with Crippen molar-refractivity contribution >= 4 is 68.9 Å². The van der Waals surface area contributed by atoms with Crippen LogP contribution in [-0.4, -0.2) is 48.0 Å². The number of rotatable bonds is 10. The number of amides is 4. The number of carbonyl (C=O) groups is 4. The molecule has 3 aromatic rings. The van der Waals surface area contributed by atoms with E-state index in [0.29, 0.717) is 33.7 Å². The summed E-state index contributed by atoms with van der Waals surface area (Å²) < 4.78 is 5.23. The molecule has 10 nitrogen and oxygen atoms in total. The molecule has 2 aromatic carbocycles. The number of aromatic nitrogens is 1. The Labute approximate surface area is 228 Å². The van der Waals surface area contributed by atoms with Gasteiger partial charge in [0.15, 0.2) is 5.13 Å². The summed E-state index contributed by atoms with van der Waals surface area (Å²) in [4.78, 5) is 54.7. The summed E-state index contributed by atoms with van der Waals surface area (Å²) in [6.07, 6.45) is 0.127. The van der Waals surface area contributed by atoms with Crippen molar-refractivity contribution < 1.29 is 23.9 Å². The van der Waals surface area contributed by atoms with E-state index in [-0.39, 0.29) is 42.3 Å². The van der Waals surface area contributed by atoms with Crippen molar-refractivity contribution in [2.24, 2.45) is 5.92 Å². The number of thioether (sulfide) groups is 1. The van der Waals surface area contributed by atoms with Gasteiger partial charge in [-0.1, -0.05) is 6.07 Å². The zero-order valence-electron chi connectivity index (χ0n) is 20.9. The molecule has 0 radical (unpaired) electrons. The maximum Gasteiger partial charge on any atom is 0.234 e. The Morgan fingerprint density at radius 3 is 2.55 bits per heavy atom. The standard InChI is InChI=1S/C26H27N5O5S2/c1-16(32)27-18-6-8-19(9-7-18)28-23(33)15-37-13-20-14-38-26(29-20)30-25(35)17-10-24(34)31(12-17)21-4-3-5-22(11-21)36-2/h3-9,11,14,17H,10,12-13,15H2,1-2H3,(H,27,32)(H,28,33)(H,29,30,35). The minimum absolute atomic E-state index is 0.114. The van der Waals surface area contributed by atoms with E-state index in [1.165, 1.54) is 30.0 Å². The fraction of sp³-hybridized carbons (Fsp3) is 0.269. The van der Waals surface area contributed by atoms with Crippen LogP contribution in [0, 0.1) is 5.92 Å². The zero-order valence-corrected chi connectivity index (χ0v) is 22.5. The minimum Gasteiger partial charge on any atom is -0.497 e. The van der Waals surface area contributed by atoms with E-state index < -0.39 is 5.92 Å². The van der Waals surface area contributed by atoms with Gasteiger partial charge in [0.25, 0.3) is 0 Å². The Hall–Kier alpha value is -3.90. The summed E-state index contributed by atoms with van der Waals surface area (Å²) in [6, 6.07) is 14.1. The number of benzene rings is 2. The number of nitrogens with one attached hydrogen (secondary N) is 3. The Kier molecular flexibility index (Phi) is 8.98. The normalized spacial score (nSPS) is 14.7. The minimum atomic E-state index is -0.480. The molecule has 0 spiro atoms. The third-order valence-electron chi connectivity index (χ3n) is 5.61. The molecule has 1 aromatic heterocycles. The van der Waals surface area contributed by atoms with Crippen LogP contribution in [0.1, 0.15) is 19.0 Å². The lowest BCUT2D eigenvalue weighted by Crippen LogP contribution is -2.28. The molecule has 1 fully saturated rings. The van der Waals surface area contributed by atoms with Crippen LogP contribution in [0.2, 0.25) is 0 Å². The van der Waals surface area contributed by atoms with Crippen molar-refractivity contribution in [3.05, 3.63) is 59.6 Å². The third kappa shape index (κ3) is 7.33. The summed E-state index contributed by atoms with van der Waals surface area (Å²) in [5, 5.41) is 10.6. The van der Waals surface area contributed by atoms with Crippen LogP contribution in [0.15, 0.2) is 53.9 Å². The molecule has 2 heterocycles. The molecule has 0 bridgehead atoms. The van der Waals surface area contributed by atoms with Gasteiger partial charge in [0.1, 0.15) is 5.75 Å². The lowest BCUT2D eigenvalue weighted by atomic mass is 10.1. The molecule has 4 amide bonds. The Morgan fingerprint density at radius 2 is 1.84 bits per heavy atom. The highest BCUT2D eigenvalue weighted by Gasteiger charge is 2.35. The number of methoxy groups -OCH3 is 1. The molecule has 0 aliphatic carbocycles.